The first-order valence-corrected chi connectivity index (χ1v) is 6.15. The Labute approximate surface area is 105 Å². The Balaban J connectivity index is 3.00. The molecule has 0 saturated carbocycles. The SMILES string of the molecule is COCCN(c1ccc(C)cc1CN)C(C)C. The summed E-state index contributed by atoms with van der Waals surface area (Å²) in [5.41, 5.74) is 9.51. The fraction of sp³-hybridized carbons (Fsp3) is 0.571. The first-order valence-electron chi connectivity index (χ1n) is 6.15. The number of anilines is 1. The molecule has 1 aromatic rings. The molecule has 0 aromatic heterocycles. The number of rotatable bonds is 6. The number of benzene rings is 1. The van der Waals surface area contributed by atoms with Crippen molar-refractivity contribution in [3.05, 3.63) is 29.3 Å². The predicted octanol–water partition coefficient (Wildman–Crippen LogP) is 2.31. The van der Waals surface area contributed by atoms with E-state index in [9.17, 15) is 0 Å². The fourth-order valence-electron chi connectivity index (χ4n) is 2.00. The van der Waals surface area contributed by atoms with E-state index in [1.165, 1.54) is 16.8 Å². The Kier molecular flexibility index (Phi) is 5.45. The van der Waals surface area contributed by atoms with Gasteiger partial charge < -0.3 is 15.4 Å². The molecule has 2 N–H and O–H groups in total. The number of ether oxygens (including phenoxy) is 1. The summed E-state index contributed by atoms with van der Waals surface area (Å²) in [4.78, 5) is 2.34. The summed E-state index contributed by atoms with van der Waals surface area (Å²) in [5, 5.41) is 0. The van der Waals surface area contributed by atoms with E-state index in [2.05, 4.69) is 43.9 Å². The van der Waals surface area contributed by atoms with Crippen LogP contribution >= 0.6 is 0 Å². The van der Waals surface area contributed by atoms with Crippen LogP contribution in [0.4, 0.5) is 5.69 Å². The predicted molar refractivity (Wildman–Crippen MR) is 73.4 cm³/mol. The quantitative estimate of drug-likeness (QED) is 0.823. The molecule has 0 heterocycles. The van der Waals surface area contributed by atoms with Gasteiger partial charge in [-0.2, -0.15) is 0 Å². The molecule has 0 atom stereocenters. The molecule has 0 bridgehead atoms. The zero-order valence-electron chi connectivity index (χ0n) is 11.4. The topological polar surface area (TPSA) is 38.5 Å². The van der Waals surface area contributed by atoms with Crippen LogP contribution in [-0.4, -0.2) is 26.3 Å². The highest BCUT2D eigenvalue weighted by atomic mass is 16.5. The van der Waals surface area contributed by atoms with Crippen molar-refractivity contribution in [1.29, 1.82) is 0 Å². The summed E-state index contributed by atoms with van der Waals surface area (Å²) >= 11 is 0. The number of aryl methyl sites for hydroxylation is 1. The molecule has 0 fully saturated rings. The second-order valence-corrected chi connectivity index (χ2v) is 4.62. The van der Waals surface area contributed by atoms with Gasteiger partial charge in [0.15, 0.2) is 0 Å². The van der Waals surface area contributed by atoms with Crippen molar-refractivity contribution in [3.8, 4) is 0 Å². The van der Waals surface area contributed by atoms with Crippen molar-refractivity contribution in [3.63, 3.8) is 0 Å². The van der Waals surface area contributed by atoms with Crippen LogP contribution in [0.1, 0.15) is 25.0 Å². The summed E-state index contributed by atoms with van der Waals surface area (Å²) < 4.78 is 5.17. The normalized spacial score (nSPS) is 10.9. The fourth-order valence-corrected chi connectivity index (χ4v) is 2.00. The Morgan fingerprint density at radius 2 is 2.06 bits per heavy atom. The molecule has 1 aromatic carbocycles. The zero-order valence-corrected chi connectivity index (χ0v) is 11.4. The summed E-state index contributed by atoms with van der Waals surface area (Å²) in [6.07, 6.45) is 0. The number of nitrogens with zero attached hydrogens (tertiary/aromatic N) is 1. The van der Waals surface area contributed by atoms with Gasteiger partial charge in [0, 0.05) is 31.9 Å². The van der Waals surface area contributed by atoms with Crippen molar-refractivity contribution >= 4 is 5.69 Å². The second-order valence-electron chi connectivity index (χ2n) is 4.62. The van der Waals surface area contributed by atoms with E-state index >= 15 is 0 Å². The Bertz CT molecular complexity index is 350. The third-order valence-electron chi connectivity index (χ3n) is 2.92. The highest BCUT2D eigenvalue weighted by Gasteiger charge is 2.13. The van der Waals surface area contributed by atoms with Gasteiger partial charge in [-0.25, -0.2) is 0 Å². The molecule has 3 heteroatoms. The Morgan fingerprint density at radius 1 is 1.35 bits per heavy atom. The van der Waals surface area contributed by atoms with Crippen molar-refractivity contribution in [2.45, 2.75) is 33.4 Å². The molecule has 1 rings (SSSR count). The monoisotopic (exact) mass is 236 g/mol. The molecular weight excluding hydrogens is 212 g/mol. The largest absolute Gasteiger partial charge is 0.383 e. The molecule has 96 valence electrons. The van der Waals surface area contributed by atoms with Crippen LogP contribution in [0.3, 0.4) is 0 Å². The molecule has 0 aliphatic rings. The minimum Gasteiger partial charge on any atom is -0.383 e. The maximum atomic E-state index is 5.83. The molecule has 0 radical (unpaired) electrons. The average molecular weight is 236 g/mol. The summed E-state index contributed by atoms with van der Waals surface area (Å²) in [6.45, 7) is 8.68. The van der Waals surface area contributed by atoms with Crippen molar-refractivity contribution in [1.82, 2.24) is 0 Å². The van der Waals surface area contributed by atoms with Gasteiger partial charge in [-0.15, -0.1) is 0 Å². The van der Waals surface area contributed by atoms with Gasteiger partial charge in [0.25, 0.3) is 0 Å². The highest BCUT2D eigenvalue weighted by molar-refractivity contribution is 5.55. The summed E-state index contributed by atoms with van der Waals surface area (Å²) in [7, 11) is 1.73. The van der Waals surface area contributed by atoms with E-state index in [0.29, 0.717) is 12.6 Å². The van der Waals surface area contributed by atoms with Crippen LogP contribution in [0.2, 0.25) is 0 Å². The molecular formula is C14H24N2O. The number of methoxy groups -OCH3 is 1. The van der Waals surface area contributed by atoms with E-state index in [4.69, 9.17) is 10.5 Å². The lowest BCUT2D eigenvalue weighted by molar-refractivity contribution is 0.204. The van der Waals surface area contributed by atoms with Crippen LogP contribution in [0.25, 0.3) is 0 Å². The van der Waals surface area contributed by atoms with E-state index in [0.717, 1.165) is 13.2 Å². The second kappa shape index (κ2) is 6.62. The van der Waals surface area contributed by atoms with Crippen LogP contribution in [-0.2, 0) is 11.3 Å². The van der Waals surface area contributed by atoms with Crippen LogP contribution in [0.15, 0.2) is 18.2 Å². The van der Waals surface area contributed by atoms with Gasteiger partial charge in [0.1, 0.15) is 0 Å². The third kappa shape index (κ3) is 3.72. The lowest BCUT2D eigenvalue weighted by atomic mass is 10.1. The van der Waals surface area contributed by atoms with E-state index in [1.807, 2.05) is 0 Å². The lowest BCUT2D eigenvalue weighted by Crippen LogP contribution is -2.34. The van der Waals surface area contributed by atoms with Crippen LogP contribution in [0.5, 0.6) is 0 Å². The molecule has 3 nitrogen and oxygen atoms in total. The van der Waals surface area contributed by atoms with Gasteiger partial charge in [-0.3, -0.25) is 0 Å². The first kappa shape index (κ1) is 14.0. The third-order valence-corrected chi connectivity index (χ3v) is 2.92. The Hall–Kier alpha value is -1.06. The van der Waals surface area contributed by atoms with E-state index in [-0.39, 0.29) is 0 Å². The van der Waals surface area contributed by atoms with Crippen LogP contribution < -0.4 is 10.6 Å². The van der Waals surface area contributed by atoms with Gasteiger partial charge in [-0.1, -0.05) is 17.7 Å². The number of hydrogen-bond donors (Lipinski definition) is 1. The number of hydrogen-bond acceptors (Lipinski definition) is 3. The van der Waals surface area contributed by atoms with Gasteiger partial charge in [-0.05, 0) is 32.4 Å². The first-order chi connectivity index (χ1) is 8.10. The lowest BCUT2D eigenvalue weighted by Gasteiger charge is -2.30. The minimum atomic E-state index is 0.443. The van der Waals surface area contributed by atoms with E-state index in [1.54, 1.807) is 7.11 Å². The molecule has 0 spiro atoms. The molecule has 17 heavy (non-hydrogen) atoms. The van der Waals surface area contributed by atoms with Crippen molar-refractivity contribution in [2.75, 3.05) is 25.2 Å². The van der Waals surface area contributed by atoms with Gasteiger partial charge >= 0.3 is 0 Å². The molecule has 0 unspecified atom stereocenters. The molecule has 0 amide bonds. The average Bonchev–Trinajstić information content (AvgIpc) is 2.30. The Morgan fingerprint density at radius 3 is 2.59 bits per heavy atom. The van der Waals surface area contributed by atoms with Crippen molar-refractivity contribution in [2.24, 2.45) is 5.73 Å². The van der Waals surface area contributed by atoms with E-state index < -0.39 is 0 Å². The smallest absolute Gasteiger partial charge is 0.0637 e. The maximum Gasteiger partial charge on any atom is 0.0637 e. The summed E-state index contributed by atoms with van der Waals surface area (Å²) in [6, 6.07) is 6.90. The molecule has 0 saturated heterocycles. The van der Waals surface area contributed by atoms with Crippen molar-refractivity contribution < 1.29 is 4.74 Å². The molecule has 0 aliphatic carbocycles. The minimum absolute atomic E-state index is 0.443. The van der Waals surface area contributed by atoms with Gasteiger partial charge in [0.2, 0.25) is 0 Å². The van der Waals surface area contributed by atoms with Gasteiger partial charge in [0.05, 0.1) is 6.61 Å². The highest BCUT2D eigenvalue weighted by Crippen LogP contribution is 2.23. The number of nitrogens with two attached hydrogens (primary N) is 1. The standard InChI is InChI=1S/C14H24N2O/c1-11(2)16(7-8-17-4)14-6-5-12(3)9-13(14)10-15/h5-6,9,11H,7-8,10,15H2,1-4H3. The van der Waals surface area contributed by atoms with Crippen LogP contribution in [0, 0.1) is 6.92 Å². The maximum absolute atomic E-state index is 5.83. The summed E-state index contributed by atoms with van der Waals surface area (Å²) in [5.74, 6) is 0. The molecule has 0 aliphatic heterocycles. The zero-order chi connectivity index (χ0) is 12.8.